The quantitative estimate of drug-likeness (QED) is 0.809. The minimum atomic E-state index is 0.226. The molecule has 4 nitrogen and oxygen atoms in total. The fraction of sp³-hybridized carbons (Fsp3) is 0.625. The molecule has 1 N–H and O–H groups in total. The molecule has 118 valence electrons. The lowest BCUT2D eigenvalue weighted by Crippen LogP contribution is -2.29. The second-order valence-electron chi connectivity index (χ2n) is 5.28. The summed E-state index contributed by atoms with van der Waals surface area (Å²) in [6, 6.07) is 4.27. The van der Waals surface area contributed by atoms with Crippen LogP contribution in [0.4, 0.5) is 0 Å². The highest BCUT2D eigenvalue weighted by Crippen LogP contribution is 2.39. The number of hydrogen-bond donors (Lipinski definition) is 1. The molecule has 0 amide bonds. The van der Waals surface area contributed by atoms with Crippen molar-refractivity contribution in [2.45, 2.75) is 25.8 Å². The molecule has 0 saturated carbocycles. The van der Waals surface area contributed by atoms with Crippen molar-refractivity contribution >= 4 is 15.9 Å². The Kier molecular flexibility index (Phi) is 6.33. The predicted molar refractivity (Wildman–Crippen MR) is 87.2 cm³/mol. The topological polar surface area (TPSA) is 39.7 Å². The Labute approximate surface area is 135 Å². The Morgan fingerprint density at radius 3 is 2.67 bits per heavy atom. The van der Waals surface area contributed by atoms with Crippen LogP contribution in [0, 0.1) is 5.92 Å². The molecule has 0 bridgehead atoms. The number of halogens is 1. The molecule has 1 fully saturated rings. The van der Waals surface area contributed by atoms with E-state index in [4.69, 9.17) is 14.2 Å². The zero-order valence-electron chi connectivity index (χ0n) is 12.9. The molecule has 0 spiro atoms. The third-order valence-corrected chi connectivity index (χ3v) is 4.51. The van der Waals surface area contributed by atoms with Gasteiger partial charge in [0.1, 0.15) is 11.5 Å². The first-order valence-electron chi connectivity index (χ1n) is 7.43. The molecule has 1 aliphatic heterocycles. The van der Waals surface area contributed by atoms with Gasteiger partial charge in [-0.1, -0.05) is 6.92 Å². The van der Waals surface area contributed by atoms with E-state index in [0.29, 0.717) is 5.92 Å². The second-order valence-corrected chi connectivity index (χ2v) is 6.14. The fourth-order valence-corrected chi connectivity index (χ4v) is 3.26. The van der Waals surface area contributed by atoms with Crippen molar-refractivity contribution in [3.05, 3.63) is 22.2 Å². The highest BCUT2D eigenvalue weighted by atomic mass is 79.9. The van der Waals surface area contributed by atoms with Crippen molar-refractivity contribution in [1.29, 1.82) is 0 Å². The van der Waals surface area contributed by atoms with E-state index in [1.165, 1.54) is 0 Å². The molecule has 0 aromatic heterocycles. The number of rotatable bonds is 7. The van der Waals surface area contributed by atoms with Gasteiger partial charge in [0.25, 0.3) is 0 Å². The molecular formula is C16H24BrNO3. The summed E-state index contributed by atoms with van der Waals surface area (Å²) in [4.78, 5) is 0. The van der Waals surface area contributed by atoms with E-state index in [1.54, 1.807) is 14.2 Å². The molecule has 1 aromatic rings. The zero-order chi connectivity index (χ0) is 15.2. The molecular weight excluding hydrogens is 334 g/mol. The number of nitrogens with one attached hydrogen (secondary N) is 1. The Bertz CT molecular complexity index is 461. The minimum Gasteiger partial charge on any atom is -0.496 e. The average Bonchev–Trinajstić information content (AvgIpc) is 3.02. The van der Waals surface area contributed by atoms with Crippen molar-refractivity contribution in [3.8, 4) is 11.5 Å². The highest BCUT2D eigenvalue weighted by Gasteiger charge is 2.29. The number of ether oxygens (including phenoxy) is 3. The van der Waals surface area contributed by atoms with Gasteiger partial charge in [-0.3, -0.25) is 0 Å². The number of benzene rings is 1. The molecule has 0 radical (unpaired) electrons. The Morgan fingerprint density at radius 2 is 2.10 bits per heavy atom. The second kappa shape index (κ2) is 8.01. The monoisotopic (exact) mass is 357 g/mol. The van der Waals surface area contributed by atoms with E-state index in [9.17, 15) is 0 Å². The van der Waals surface area contributed by atoms with Crippen LogP contribution < -0.4 is 14.8 Å². The normalized spacial score (nSPS) is 19.5. The van der Waals surface area contributed by atoms with E-state index in [0.717, 1.165) is 54.1 Å². The molecule has 2 atom stereocenters. The summed E-state index contributed by atoms with van der Waals surface area (Å²) >= 11 is 3.52. The van der Waals surface area contributed by atoms with Crippen molar-refractivity contribution in [1.82, 2.24) is 5.32 Å². The standard InChI is InChI=1S/C16H24BrNO3/c1-4-6-18-16(11-5-7-21-10-11)12-8-15(20-3)13(17)9-14(12)19-2/h8-9,11,16,18H,4-7,10H2,1-3H3. The molecule has 1 saturated heterocycles. The maximum absolute atomic E-state index is 5.58. The van der Waals surface area contributed by atoms with Crippen molar-refractivity contribution < 1.29 is 14.2 Å². The summed E-state index contributed by atoms with van der Waals surface area (Å²) in [5, 5.41) is 3.64. The van der Waals surface area contributed by atoms with Gasteiger partial charge in [-0.05, 0) is 47.4 Å². The van der Waals surface area contributed by atoms with Crippen LogP contribution in [0.5, 0.6) is 11.5 Å². The minimum absolute atomic E-state index is 0.226. The molecule has 1 heterocycles. The molecule has 2 unspecified atom stereocenters. The van der Waals surface area contributed by atoms with Gasteiger partial charge in [0.05, 0.1) is 25.3 Å². The zero-order valence-corrected chi connectivity index (χ0v) is 14.5. The van der Waals surface area contributed by atoms with E-state index in [2.05, 4.69) is 34.2 Å². The lowest BCUT2D eigenvalue weighted by atomic mass is 9.91. The van der Waals surface area contributed by atoms with Gasteiger partial charge in [-0.25, -0.2) is 0 Å². The van der Waals surface area contributed by atoms with Gasteiger partial charge in [-0.2, -0.15) is 0 Å². The van der Waals surface area contributed by atoms with Gasteiger partial charge in [0.2, 0.25) is 0 Å². The van der Waals surface area contributed by atoms with Gasteiger partial charge in [0, 0.05) is 24.1 Å². The Morgan fingerprint density at radius 1 is 1.33 bits per heavy atom. The summed E-state index contributed by atoms with van der Waals surface area (Å²) in [7, 11) is 3.39. The number of hydrogen-bond acceptors (Lipinski definition) is 4. The maximum atomic E-state index is 5.58. The highest BCUT2D eigenvalue weighted by molar-refractivity contribution is 9.10. The van der Waals surface area contributed by atoms with Crippen LogP contribution in [0.3, 0.4) is 0 Å². The summed E-state index contributed by atoms with van der Waals surface area (Å²) in [5.41, 5.74) is 1.14. The van der Waals surface area contributed by atoms with E-state index >= 15 is 0 Å². The van der Waals surface area contributed by atoms with E-state index < -0.39 is 0 Å². The fourth-order valence-electron chi connectivity index (χ4n) is 2.77. The van der Waals surface area contributed by atoms with Crippen molar-refractivity contribution in [2.24, 2.45) is 5.92 Å². The van der Waals surface area contributed by atoms with Gasteiger partial charge in [-0.15, -0.1) is 0 Å². The first kappa shape index (κ1) is 16.6. The molecule has 2 rings (SSSR count). The lowest BCUT2D eigenvalue weighted by molar-refractivity contribution is 0.176. The molecule has 21 heavy (non-hydrogen) atoms. The largest absolute Gasteiger partial charge is 0.496 e. The Hall–Kier alpha value is -0.780. The number of methoxy groups -OCH3 is 2. The maximum Gasteiger partial charge on any atom is 0.133 e. The third-order valence-electron chi connectivity index (χ3n) is 3.89. The van der Waals surface area contributed by atoms with Crippen LogP contribution in [0.2, 0.25) is 0 Å². The van der Waals surface area contributed by atoms with Crippen molar-refractivity contribution in [2.75, 3.05) is 34.0 Å². The van der Waals surface area contributed by atoms with E-state index in [-0.39, 0.29) is 6.04 Å². The van der Waals surface area contributed by atoms with Gasteiger partial charge < -0.3 is 19.5 Å². The summed E-state index contributed by atoms with van der Waals surface area (Å²) in [6.45, 7) is 4.78. The van der Waals surface area contributed by atoms with Crippen LogP contribution >= 0.6 is 15.9 Å². The summed E-state index contributed by atoms with van der Waals surface area (Å²) in [6.07, 6.45) is 2.17. The molecule has 1 aliphatic rings. The Balaban J connectivity index is 2.36. The summed E-state index contributed by atoms with van der Waals surface area (Å²) < 4.78 is 17.5. The van der Waals surface area contributed by atoms with Gasteiger partial charge in [0.15, 0.2) is 0 Å². The molecule has 1 aromatic carbocycles. The average molecular weight is 358 g/mol. The van der Waals surface area contributed by atoms with Crippen LogP contribution in [0.1, 0.15) is 31.4 Å². The molecule has 5 heteroatoms. The van der Waals surface area contributed by atoms with Crippen LogP contribution in [-0.2, 0) is 4.74 Å². The smallest absolute Gasteiger partial charge is 0.133 e. The molecule has 0 aliphatic carbocycles. The van der Waals surface area contributed by atoms with Crippen LogP contribution in [0.25, 0.3) is 0 Å². The predicted octanol–water partition coefficient (Wildman–Crippen LogP) is 3.54. The van der Waals surface area contributed by atoms with Gasteiger partial charge >= 0.3 is 0 Å². The van der Waals surface area contributed by atoms with Crippen LogP contribution in [0.15, 0.2) is 16.6 Å². The lowest BCUT2D eigenvalue weighted by Gasteiger charge is -2.26. The first-order chi connectivity index (χ1) is 10.2. The first-order valence-corrected chi connectivity index (χ1v) is 8.23. The van der Waals surface area contributed by atoms with Crippen LogP contribution in [-0.4, -0.2) is 34.0 Å². The summed E-state index contributed by atoms with van der Waals surface area (Å²) in [5.74, 6) is 2.17. The third kappa shape index (κ3) is 3.90. The van der Waals surface area contributed by atoms with Crippen molar-refractivity contribution in [3.63, 3.8) is 0 Å². The van der Waals surface area contributed by atoms with E-state index in [1.807, 2.05) is 6.07 Å². The SMILES string of the molecule is CCCNC(c1cc(OC)c(Br)cc1OC)C1CCOC1.